The predicted molar refractivity (Wildman–Crippen MR) is 47.8 cm³/mol. The fourth-order valence-corrected chi connectivity index (χ4v) is 0.893. The maximum Gasteiger partial charge on any atom is 0.164 e. The van der Waals surface area contributed by atoms with E-state index in [-0.39, 0.29) is 5.75 Å². The van der Waals surface area contributed by atoms with Crippen molar-refractivity contribution < 1.29 is 14.3 Å². The summed E-state index contributed by atoms with van der Waals surface area (Å²) in [6.07, 6.45) is 4.37. The first-order valence-corrected chi connectivity index (χ1v) is 3.82. The maximum atomic E-state index is 12.6. The Balaban J connectivity index is 2.79. The lowest BCUT2D eigenvalue weighted by atomic mass is 10.2. The fourth-order valence-electron chi connectivity index (χ4n) is 0.893. The standard InChI is InChI=1S/C10H9FO2/c11-9-5-4-8(7-10(9)13)3-1-2-6-12/h1,3-7,13H,2H2. The molecule has 0 bridgehead atoms. The first kappa shape index (κ1) is 9.45. The quantitative estimate of drug-likeness (QED) is 0.723. The molecule has 0 atom stereocenters. The van der Waals surface area contributed by atoms with Crippen LogP contribution >= 0.6 is 0 Å². The molecule has 1 N–H and O–H groups in total. The van der Waals surface area contributed by atoms with E-state index in [1.165, 1.54) is 18.2 Å². The van der Waals surface area contributed by atoms with Crippen LogP contribution in [0.1, 0.15) is 12.0 Å². The molecule has 0 aromatic heterocycles. The number of aromatic hydroxyl groups is 1. The third-order valence-corrected chi connectivity index (χ3v) is 1.51. The molecule has 0 unspecified atom stereocenters. The number of allylic oxidation sites excluding steroid dienone is 1. The summed E-state index contributed by atoms with van der Waals surface area (Å²) >= 11 is 0. The average molecular weight is 180 g/mol. The van der Waals surface area contributed by atoms with Gasteiger partial charge in [0.2, 0.25) is 0 Å². The lowest BCUT2D eigenvalue weighted by Crippen LogP contribution is -1.77. The van der Waals surface area contributed by atoms with E-state index in [0.717, 1.165) is 6.29 Å². The summed E-state index contributed by atoms with van der Waals surface area (Å²) < 4.78 is 12.6. The first-order chi connectivity index (χ1) is 6.24. The Morgan fingerprint density at radius 2 is 2.23 bits per heavy atom. The number of phenols is 1. The van der Waals surface area contributed by atoms with Gasteiger partial charge in [-0.15, -0.1) is 0 Å². The Kier molecular flexibility index (Phi) is 3.20. The molecule has 1 aromatic rings. The summed E-state index contributed by atoms with van der Waals surface area (Å²) in [4.78, 5) is 9.96. The van der Waals surface area contributed by atoms with E-state index in [4.69, 9.17) is 5.11 Å². The van der Waals surface area contributed by atoms with Crippen LogP contribution in [-0.2, 0) is 4.79 Å². The Hall–Kier alpha value is -1.64. The number of phenolic OH excluding ortho intramolecular Hbond substituents is 1. The fraction of sp³-hybridized carbons (Fsp3) is 0.100. The summed E-state index contributed by atoms with van der Waals surface area (Å²) in [5.74, 6) is -1.03. The minimum Gasteiger partial charge on any atom is -0.505 e. The van der Waals surface area contributed by atoms with Crippen molar-refractivity contribution in [3.05, 3.63) is 35.7 Å². The monoisotopic (exact) mass is 180 g/mol. The largest absolute Gasteiger partial charge is 0.505 e. The van der Waals surface area contributed by atoms with Gasteiger partial charge in [-0.05, 0) is 17.7 Å². The van der Waals surface area contributed by atoms with Gasteiger partial charge in [0.25, 0.3) is 0 Å². The summed E-state index contributed by atoms with van der Waals surface area (Å²) in [5, 5.41) is 8.98. The second kappa shape index (κ2) is 4.40. The highest BCUT2D eigenvalue weighted by Crippen LogP contribution is 2.17. The molecule has 0 fully saturated rings. The number of hydrogen-bond donors (Lipinski definition) is 1. The van der Waals surface area contributed by atoms with Crippen LogP contribution < -0.4 is 0 Å². The van der Waals surface area contributed by atoms with Gasteiger partial charge < -0.3 is 9.90 Å². The molecule has 0 aliphatic rings. The summed E-state index contributed by atoms with van der Waals surface area (Å²) in [5.41, 5.74) is 0.667. The number of benzene rings is 1. The Morgan fingerprint density at radius 3 is 2.85 bits per heavy atom. The SMILES string of the molecule is O=CCC=Cc1ccc(F)c(O)c1. The zero-order valence-electron chi connectivity index (χ0n) is 6.90. The van der Waals surface area contributed by atoms with Crippen molar-refractivity contribution in [3.8, 4) is 5.75 Å². The molecule has 2 nitrogen and oxygen atoms in total. The Morgan fingerprint density at radius 1 is 1.46 bits per heavy atom. The molecular formula is C10H9FO2. The lowest BCUT2D eigenvalue weighted by Gasteiger charge is -1.96. The molecule has 0 saturated heterocycles. The zero-order chi connectivity index (χ0) is 9.68. The van der Waals surface area contributed by atoms with E-state index in [9.17, 15) is 9.18 Å². The number of rotatable bonds is 3. The minimum absolute atomic E-state index is 0.318. The number of aldehydes is 1. The van der Waals surface area contributed by atoms with Gasteiger partial charge in [-0.1, -0.05) is 18.2 Å². The second-order valence-electron chi connectivity index (χ2n) is 2.52. The van der Waals surface area contributed by atoms with Crippen LogP contribution in [0.3, 0.4) is 0 Å². The second-order valence-corrected chi connectivity index (χ2v) is 2.52. The maximum absolute atomic E-state index is 12.6. The predicted octanol–water partition coefficient (Wildman–Crippen LogP) is 2.13. The molecule has 0 aliphatic carbocycles. The van der Waals surface area contributed by atoms with Crippen molar-refractivity contribution >= 4 is 12.4 Å². The summed E-state index contributed by atoms with van der Waals surface area (Å²) in [7, 11) is 0. The van der Waals surface area contributed by atoms with Gasteiger partial charge in [0, 0.05) is 6.42 Å². The van der Waals surface area contributed by atoms with Crippen LogP contribution in [0.5, 0.6) is 5.75 Å². The number of carbonyl (C=O) groups excluding carboxylic acids is 1. The van der Waals surface area contributed by atoms with Crippen LogP contribution in [0, 0.1) is 5.82 Å². The zero-order valence-corrected chi connectivity index (χ0v) is 6.90. The lowest BCUT2D eigenvalue weighted by molar-refractivity contribution is -0.107. The summed E-state index contributed by atoms with van der Waals surface area (Å²) in [6, 6.07) is 4.00. The van der Waals surface area contributed by atoms with Crippen LogP contribution in [-0.4, -0.2) is 11.4 Å². The van der Waals surface area contributed by atoms with Crippen molar-refractivity contribution in [3.63, 3.8) is 0 Å². The molecule has 0 saturated carbocycles. The molecule has 3 heteroatoms. The van der Waals surface area contributed by atoms with Crippen molar-refractivity contribution in [2.45, 2.75) is 6.42 Å². The first-order valence-electron chi connectivity index (χ1n) is 3.82. The van der Waals surface area contributed by atoms with Crippen molar-refractivity contribution in [2.24, 2.45) is 0 Å². The van der Waals surface area contributed by atoms with Crippen molar-refractivity contribution in [2.75, 3.05) is 0 Å². The van der Waals surface area contributed by atoms with Gasteiger partial charge in [-0.2, -0.15) is 0 Å². The molecule has 13 heavy (non-hydrogen) atoms. The molecule has 0 heterocycles. The highest BCUT2D eigenvalue weighted by Gasteiger charge is 1.97. The third-order valence-electron chi connectivity index (χ3n) is 1.51. The van der Waals surface area contributed by atoms with Gasteiger partial charge >= 0.3 is 0 Å². The van der Waals surface area contributed by atoms with E-state index in [1.54, 1.807) is 12.2 Å². The average Bonchev–Trinajstić information content (AvgIpc) is 2.12. The molecular weight excluding hydrogens is 171 g/mol. The molecule has 0 amide bonds. The van der Waals surface area contributed by atoms with E-state index in [0.29, 0.717) is 12.0 Å². The highest BCUT2D eigenvalue weighted by atomic mass is 19.1. The third kappa shape index (κ3) is 2.71. The smallest absolute Gasteiger partial charge is 0.164 e. The topological polar surface area (TPSA) is 37.3 Å². The van der Waals surface area contributed by atoms with Crippen molar-refractivity contribution in [1.29, 1.82) is 0 Å². The molecule has 0 radical (unpaired) electrons. The van der Waals surface area contributed by atoms with Crippen LogP contribution in [0.15, 0.2) is 24.3 Å². The Bertz CT molecular complexity index is 332. The van der Waals surface area contributed by atoms with Gasteiger partial charge in [-0.25, -0.2) is 4.39 Å². The molecule has 1 aromatic carbocycles. The van der Waals surface area contributed by atoms with E-state index >= 15 is 0 Å². The van der Waals surface area contributed by atoms with Crippen LogP contribution in [0.4, 0.5) is 4.39 Å². The minimum atomic E-state index is -0.646. The number of hydrogen-bond acceptors (Lipinski definition) is 2. The normalized spacial score (nSPS) is 10.5. The molecule has 0 aliphatic heterocycles. The molecule has 0 spiro atoms. The molecule has 1 rings (SSSR count). The highest BCUT2D eigenvalue weighted by molar-refractivity contribution is 5.58. The van der Waals surface area contributed by atoms with Gasteiger partial charge in [0.1, 0.15) is 6.29 Å². The van der Waals surface area contributed by atoms with E-state index in [1.807, 2.05) is 0 Å². The van der Waals surface area contributed by atoms with E-state index in [2.05, 4.69) is 0 Å². The van der Waals surface area contributed by atoms with E-state index < -0.39 is 5.82 Å². The Labute approximate surface area is 75.3 Å². The summed E-state index contributed by atoms with van der Waals surface area (Å²) in [6.45, 7) is 0. The van der Waals surface area contributed by atoms with Crippen molar-refractivity contribution in [1.82, 2.24) is 0 Å². The van der Waals surface area contributed by atoms with Crippen LogP contribution in [0.25, 0.3) is 6.08 Å². The van der Waals surface area contributed by atoms with Gasteiger partial charge in [0.15, 0.2) is 11.6 Å². The molecule has 68 valence electrons. The number of carbonyl (C=O) groups is 1. The number of halogens is 1. The van der Waals surface area contributed by atoms with Gasteiger partial charge in [-0.3, -0.25) is 0 Å². The van der Waals surface area contributed by atoms with Crippen LogP contribution in [0.2, 0.25) is 0 Å². The van der Waals surface area contributed by atoms with Gasteiger partial charge in [0.05, 0.1) is 0 Å².